The number of nitrogens with one attached hydrogen (secondary N) is 1. The second-order valence-corrected chi connectivity index (χ2v) is 4.33. The minimum Gasteiger partial charge on any atom is -0.481 e. The van der Waals surface area contributed by atoms with Crippen molar-refractivity contribution < 1.29 is 19.4 Å². The van der Waals surface area contributed by atoms with E-state index in [1.54, 1.807) is 13.8 Å². The molecule has 5 nitrogen and oxygen atoms in total. The van der Waals surface area contributed by atoms with Gasteiger partial charge in [0, 0.05) is 19.6 Å². The van der Waals surface area contributed by atoms with E-state index in [2.05, 4.69) is 5.32 Å². The molecule has 0 saturated carbocycles. The number of amides is 1. The molecule has 1 amide bonds. The maximum Gasteiger partial charge on any atom is 0.310 e. The molecule has 94 valence electrons. The quantitative estimate of drug-likeness (QED) is 0.612. The second-order valence-electron chi connectivity index (χ2n) is 4.33. The predicted octanol–water partition coefficient (Wildman–Crippen LogP) is 1.03. The summed E-state index contributed by atoms with van der Waals surface area (Å²) in [6.07, 6.45) is 1.20. The van der Waals surface area contributed by atoms with E-state index in [9.17, 15) is 9.59 Å². The van der Waals surface area contributed by atoms with Crippen LogP contribution in [0.3, 0.4) is 0 Å². The lowest BCUT2D eigenvalue weighted by Crippen LogP contribution is -2.39. The summed E-state index contributed by atoms with van der Waals surface area (Å²) in [5.41, 5.74) is -0.931. The summed E-state index contributed by atoms with van der Waals surface area (Å²) in [7, 11) is 0. The zero-order chi connectivity index (χ0) is 12.6. The molecule has 0 atom stereocenters. The van der Waals surface area contributed by atoms with Gasteiger partial charge in [-0.05, 0) is 20.3 Å². The maximum absolute atomic E-state index is 11.3. The van der Waals surface area contributed by atoms with Gasteiger partial charge in [0.25, 0.3) is 0 Å². The second kappa shape index (κ2) is 7.22. The first kappa shape index (κ1) is 14.9. The first-order valence-electron chi connectivity index (χ1n) is 5.48. The Morgan fingerprint density at radius 3 is 2.44 bits per heavy atom. The largest absolute Gasteiger partial charge is 0.481 e. The number of carbonyl (C=O) groups is 2. The molecule has 0 heterocycles. The number of hydrogen-bond acceptors (Lipinski definition) is 3. The van der Waals surface area contributed by atoms with Crippen molar-refractivity contribution in [2.24, 2.45) is 5.41 Å². The highest BCUT2D eigenvalue weighted by molar-refractivity contribution is 5.78. The summed E-state index contributed by atoms with van der Waals surface area (Å²) in [6, 6.07) is 0. The third kappa shape index (κ3) is 6.40. The van der Waals surface area contributed by atoms with Gasteiger partial charge >= 0.3 is 5.97 Å². The summed E-state index contributed by atoms with van der Waals surface area (Å²) >= 11 is 0. The van der Waals surface area contributed by atoms with Crippen LogP contribution in [0.15, 0.2) is 0 Å². The molecule has 0 fully saturated rings. The average Bonchev–Trinajstić information content (AvgIpc) is 2.21. The van der Waals surface area contributed by atoms with Crippen molar-refractivity contribution in [1.29, 1.82) is 0 Å². The van der Waals surface area contributed by atoms with Crippen molar-refractivity contribution in [1.82, 2.24) is 5.32 Å². The fourth-order valence-corrected chi connectivity index (χ4v) is 0.895. The van der Waals surface area contributed by atoms with Gasteiger partial charge in [0.1, 0.15) is 0 Å². The number of ether oxygens (including phenoxy) is 1. The lowest BCUT2D eigenvalue weighted by molar-refractivity contribution is -0.146. The van der Waals surface area contributed by atoms with E-state index in [0.717, 1.165) is 6.42 Å². The van der Waals surface area contributed by atoms with Crippen molar-refractivity contribution in [2.45, 2.75) is 33.6 Å². The molecule has 0 aliphatic rings. The van der Waals surface area contributed by atoms with Crippen molar-refractivity contribution in [3.05, 3.63) is 0 Å². The molecule has 0 aliphatic carbocycles. The topological polar surface area (TPSA) is 75.6 Å². The molecule has 0 unspecified atom stereocenters. The molecule has 0 spiro atoms. The van der Waals surface area contributed by atoms with Crippen molar-refractivity contribution in [2.75, 3.05) is 19.8 Å². The molecule has 0 saturated heterocycles. The summed E-state index contributed by atoms with van der Waals surface area (Å²) in [5, 5.41) is 11.4. The van der Waals surface area contributed by atoms with Crippen molar-refractivity contribution in [3.8, 4) is 0 Å². The van der Waals surface area contributed by atoms with Gasteiger partial charge in [0.2, 0.25) is 5.91 Å². The van der Waals surface area contributed by atoms with Crippen LogP contribution in [-0.4, -0.2) is 36.7 Å². The molecule has 16 heavy (non-hydrogen) atoms. The van der Waals surface area contributed by atoms with Crippen LogP contribution < -0.4 is 5.32 Å². The highest BCUT2D eigenvalue weighted by atomic mass is 16.5. The minimum absolute atomic E-state index is 0.134. The number of carboxylic acids is 1. The van der Waals surface area contributed by atoms with E-state index in [1.165, 1.54) is 0 Å². The van der Waals surface area contributed by atoms with Gasteiger partial charge in [-0.2, -0.15) is 0 Å². The number of carbonyl (C=O) groups excluding carboxylic acids is 1. The fraction of sp³-hybridized carbons (Fsp3) is 0.818. The van der Waals surface area contributed by atoms with E-state index in [-0.39, 0.29) is 18.9 Å². The van der Waals surface area contributed by atoms with Gasteiger partial charge in [-0.3, -0.25) is 9.59 Å². The van der Waals surface area contributed by atoms with E-state index >= 15 is 0 Å². The van der Waals surface area contributed by atoms with Crippen LogP contribution in [0.2, 0.25) is 0 Å². The van der Waals surface area contributed by atoms with Crippen LogP contribution in [0.4, 0.5) is 0 Å². The molecule has 0 rings (SSSR count). The molecular weight excluding hydrogens is 210 g/mol. The first-order valence-corrected chi connectivity index (χ1v) is 5.48. The van der Waals surface area contributed by atoms with Crippen LogP contribution in [0.25, 0.3) is 0 Å². The van der Waals surface area contributed by atoms with E-state index < -0.39 is 11.4 Å². The lowest BCUT2D eigenvalue weighted by atomic mass is 9.94. The van der Waals surface area contributed by atoms with Crippen molar-refractivity contribution >= 4 is 11.9 Å². The van der Waals surface area contributed by atoms with Gasteiger partial charge in [-0.1, -0.05) is 6.92 Å². The first-order chi connectivity index (χ1) is 7.40. The SMILES string of the molecule is CCCOCCC(=O)NCC(C)(C)C(=O)O. The van der Waals surface area contributed by atoms with Crippen LogP contribution >= 0.6 is 0 Å². The monoisotopic (exact) mass is 231 g/mol. The van der Waals surface area contributed by atoms with Gasteiger partial charge < -0.3 is 15.2 Å². The number of hydrogen-bond donors (Lipinski definition) is 2. The summed E-state index contributed by atoms with van der Waals surface area (Å²) in [5.74, 6) is -1.10. The van der Waals surface area contributed by atoms with Crippen LogP contribution in [0, 0.1) is 5.41 Å². The van der Waals surface area contributed by atoms with Gasteiger partial charge in [-0.15, -0.1) is 0 Å². The van der Waals surface area contributed by atoms with E-state index in [0.29, 0.717) is 13.2 Å². The predicted molar refractivity (Wildman–Crippen MR) is 60.2 cm³/mol. The standard InChI is InChI=1S/C11H21NO4/c1-4-6-16-7-5-9(13)12-8-11(2,3)10(14)15/h4-8H2,1-3H3,(H,12,13)(H,14,15). The van der Waals surface area contributed by atoms with Crippen LogP contribution in [0.1, 0.15) is 33.6 Å². The fourth-order valence-electron chi connectivity index (χ4n) is 0.895. The van der Waals surface area contributed by atoms with E-state index in [1.807, 2.05) is 6.92 Å². The number of aliphatic carboxylic acids is 1. The Labute approximate surface area is 96.2 Å². The zero-order valence-corrected chi connectivity index (χ0v) is 10.2. The Morgan fingerprint density at radius 2 is 1.94 bits per heavy atom. The minimum atomic E-state index is -0.931. The molecule has 5 heteroatoms. The Balaban J connectivity index is 3.69. The van der Waals surface area contributed by atoms with E-state index in [4.69, 9.17) is 9.84 Å². The Bertz CT molecular complexity index is 238. The van der Waals surface area contributed by atoms with Gasteiger partial charge in [-0.25, -0.2) is 0 Å². The highest BCUT2D eigenvalue weighted by Gasteiger charge is 2.27. The molecule has 0 aromatic rings. The van der Waals surface area contributed by atoms with Gasteiger partial charge in [0.15, 0.2) is 0 Å². The smallest absolute Gasteiger partial charge is 0.310 e. The molecule has 0 aliphatic heterocycles. The molecule has 0 aromatic heterocycles. The van der Waals surface area contributed by atoms with Crippen LogP contribution in [0.5, 0.6) is 0 Å². The molecular formula is C11H21NO4. The third-order valence-corrected chi connectivity index (χ3v) is 2.13. The summed E-state index contributed by atoms with van der Waals surface area (Å²) < 4.78 is 5.16. The molecule has 0 radical (unpaired) electrons. The normalized spacial score (nSPS) is 11.2. The number of rotatable bonds is 8. The Morgan fingerprint density at radius 1 is 1.31 bits per heavy atom. The summed E-state index contributed by atoms with van der Waals surface area (Å²) in [4.78, 5) is 22.0. The third-order valence-electron chi connectivity index (χ3n) is 2.13. The average molecular weight is 231 g/mol. The number of carboxylic acid groups (broad SMARTS) is 1. The Kier molecular flexibility index (Phi) is 6.72. The maximum atomic E-state index is 11.3. The molecule has 0 bridgehead atoms. The zero-order valence-electron chi connectivity index (χ0n) is 10.2. The Hall–Kier alpha value is -1.10. The van der Waals surface area contributed by atoms with Gasteiger partial charge in [0.05, 0.1) is 12.0 Å². The lowest BCUT2D eigenvalue weighted by Gasteiger charge is -2.19. The summed E-state index contributed by atoms with van der Waals surface area (Å²) in [6.45, 7) is 6.30. The highest BCUT2D eigenvalue weighted by Crippen LogP contribution is 2.12. The molecule has 2 N–H and O–H groups in total. The van der Waals surface area contributed by atoms with Crippen molar-refractivity contribution in [3.63, 3.8) is 0 Å². The van der Waals surface area contributed by atoms with Crippen LogP contribution in [-0.2, 0) is 14.3 Å². The molecule has 0 aromatic carbocycles.